The third kappa shape index (κ3) is 2.16. The van der Waals surface area contributed by atoms with Gasteiger partial charge in [0.2, 0.25) is 0 Å². The molecule has 0 radical (unpaired) electrons. The van der Waals surface area contributed by atoms with Crippen molar-refractivity contribution in [1.29, 1.82) is 0 Å². The number of rotatable bonds is 3. The van der Waals surface area contributed by atoms with Crippen LogP contribution >= 0.6 is 0 Å². The lowest BCUT2D eigenvalue weighted by Gasteiger charge is -2.16. The summed E-state index contributed by atoms with van der Waals surface area (Å²) in [5.41, 5.74) is 4.00. The number of aromatic nitrogens is 2. The molecule has 0 amide bonds. The van der Waals surface area contributed by atoms with Gasteiger partial charge in [-0.3, -0.25) is 4.68 Å². The molecule has 0 saturated carbocycles. The molecular formula is C14H18FN3. The molecule has 96 valence electrons. The van der Waals surface area contributed by atoms with E-state index in [0.717, 1.165) is 22.4 Å². The third-order valence-corrected chi connectivity index (χ3v) is 3.44. The number of nitrogens with one attached hydrogen (secondary N) is 1. The SMILES string of the molecule is CNC(C)c1ccc(F)cc1-c1cnn(C)c1C. The smallest absolute Gasteiger partial charge is 0.123 e. The highest BCUT2D eigenvalue weighted by atomic mass is 19.1. The first kappa shape index (κ1) is 12.8. The van der Waals surface area contributed by atoms with Crippen LogP contribution in [0.5, 0.6) is 0 Å². The predicted octanol–water partition coefficient (Wildman–Crippen LogP) is 2.82. The van der Waals surface area contributed by atoms with Crippen molar-refractivity contribution in [2.24, 2.45) is 7.05 Å². The number of hydrogen-bond acceptors (Lipinski definition) is 2. The summed E-state index contributed by atoms with van der Waals surface area (Å²) in [6.07, 6.45) is 1.79. The largest absolute Gasteiger partial charge is 0.313 e. The molecule has 0 spiro atoms. The van der Waals surface area contributed by atoms with Gasteiger partial charge in [-0.1, -0.05) is 6.07 Å². The van der Waals surface area contributed by atoms with Gasteiger partial charge in [-0.25, -0.2) is 4.39 Å². The number of aryl methyl sites for hydroxylation is 1. The minimum atomic E-state index is -0.222. The van der Waals surface area contributed by atoms with Crippen molar-refractivity contribution in [2.45, 2.75) is 19.9 Å². The van der Waals surface area contributed by atoms with Gasteiger partial charge < -0.3 is 5.32 Å². The van der Waals surface area contributed by atoms with Crippen molar-refractivity contribution in [3.05, 3.63) is 41.5 Å². The van der Waals surface area contributed by atoms with E-state index in [1.807, 2.05) is 27.1 Å². The molecule has 1 aromatic carbocycles. The van der Waals surface area contributed by atoms with Gasteiger partial charge in [-0.15, -0.1) is 0 Å². The number of hydrogen-bond donors (Lipinski definition) is 1. The van der Waals surface area contributed by atoms with Crippen LogP contribution in [-0.2, 0) is 7.05 Å². The van der Waals surface area contributed by atoms with Crippen LogP contribution in [0.25, 0.3) is 11.1 Å². The van der Waals surface area contributed by atoms with Gasteiger partial charge in [-0.05, 0) is 44.2 Å². The monoisotopic (exact) mass is 247 g/mol. The Morgan fingerprint density at radius 2 is 2.06 bits per heavy atom. The van der Waals surface area contributed by atoms with Crippen LogP contribution in [0.15, 0.2) is 24.4 Å². The minimum Gasteiger partial charge on any atom is -0.313 e. The maximum atomic E-state index is 13.5. The Balaban J connectivity index is 2.61. The summed E-state index contributed by atoms with van der Waals surface area (Å²) < 4.78 is 15.3. The van der Waals surface area contributed by atoms with E-state index < -0.39 is 0 Å². The van der Waals surface area contributed by atoms with E-state index in [2.05, 4.69) is 17.3 Å². The standard InChI is InChI=1S/C14H18FN3/c1-9(16-3)12-6-5-11(15)7-13(12)14-8-17-18(4)10(14)2/h5-9,16H,1-4H3. The van der Waals surface area contributed by atoms with Crippen LogP contribution in [0.3, 0.4) is 0 Å². The number of halogens is 1. The molecule has 2 rings (SSSR count). The molecule has 0 bridgehead atoms. The topological polar surface area (TPSA) is 29.9 Å². The predicted molar refractivity (Wildman–Crippen MR) is 70.8 cm³/mol. The van der Waals surface area contributed by atoms with Crippen molar-refractivity contribution in [2.75, 3.05) is 7.05 Å². The van der Waals surface area contributed by atoms with Crippen LogP contribution in [0.4, 0.5) is 4.39 Å². The third-order valence-electron chi connectivity index (χ3n) is 3.44. The highest BCUT2D eigenvalue weighted by molar-refractivity contribution is 5.69. The summed E-state index contributed by atoms with van der Waals surface area (Å²) in [4.78, 5) is 0. The molecule has 1 atom stereocenters. The lowest BCUT2D eigenvalue weighted by molar-refractivity contribution is 0.620. The second-order valence-corrected chi connectivity index (χ2v) is 4.51. The van der Waals surface area contributed by atoms with E-state index in [-0.39, 0.29) is 11.9 Å². The van der Waals surface area contributed by atoms with Crippen LogP contribution in [0.2, 0.25) is 0 Å². The Kier molecular flexibility index (Phi) is 3.48. The zero-order chi connectivity index (χ0) is 13.3. The van der Waals surface area contributed by atoms with Gasteiger partial charge in [0.1, 0.15) is 5.82 Å². The van der Waals surface area contributed by atoms with E-state index in [9.17, 15) is 4.39 Å². The Hall–Kier alpha value is -1.68. The van der Waals surface area contributed by atoms with E-state index in [0.29, 0.717) is 0 Å². The van der Waals surface area contributed by atoms with Crippen LogP contribution in [-0.4, -0.2) is 16.8 Å². The Morgan fingerprint density at radius 1 is 1.33 bits per heavy atom. The zero-order valence-electron chi connectivity index (χ0n) is 11.2. The molecule has 0 aliphatic carbocycles. The van der Waals surface area contributed by atoms with Gasteiger partial charge in [0.15, 0.2) is 0 Å². The second-order valence-electron chi connectivity index (χ2n) is 4.51. The number of benzene rings is 1. The van der Waals surface area contributed by atoms with E-state index in [4.69, 9.17) is 0 Å². The quantitative estimate of drug-likeness (QED) is 0.904. The molecule has 4 heteroatoms. The highest BCUT2D eigenvalue weighted by Crippen LogP contribution is 2.30. The first-order chi connectivity index (χ1) is 8.54. The van der Waals surface area contributed by atoms with Gasteiger partial charge >= 0.3 is 0 Å². The first-order valence-electron chi connectivity index (χ1n) is 6.00. The molecular weight excluding hydrogens is 229 g/mol. The second kappa shape index (κ2) is 4.90. The van der Waals surface area contributed by atoms with Crippen LogP contribution < -0.4 is 5.32 Å². The molecule has 1 unspecified atom stereocenters. The van der Waals surface area contributed by atoms with Crippen LogP contribution in [0.1, 0.15) is 24.2 Å². The molecule has 0 aliphatic rings. The van der Waals surface area contributed by atoms with Gasteiger partial charge in [0, 0.05) is 24.3 Å². The van der Waals surface area contributed by atoms with Crippen molar-refractivity contribution in [3.63, 3.8) is 0 Å². The zero-order valence-corrected chi connectivity index (χ0v) is 11.2. The van der Waals surface area contributed by atoms with Crippen molar-refractivity contribution in [1.82, 2.24) is 15.1 Å². The summed E-state index contributed by atoms with van der Waals surface area (Å²) >= 11 is 0. The summed E-state index contributed by atoms with van der Waals surface area (Å²) in [7, 11) is 3.78. The van der Waals surface area contributed by atoms with Gasteiger partial charge in [0.25, 0.3) is 0 Å². The van der Waals surface area contributed by atoms with Crippen molar-refractivity contribution in [3.8, 4) is 11.1 Å². The molecule has 1 N–H and O–H groups in total. The fraction of sp³-hybridized carbons (Fsp3) is 0.357. The van der Waals surface area contributed by atoms with E-state index in [1.165, 1.54) is 6.07 Å². The number of nitrogens with zero attached hydrogens (tertiary/aromatic N) is 2. The summed E-state index contributed by atoms with van der Waals surface area (Å²) in [6.45, 7) is 4.05. The molecule has 0 fully saturated rings. The molecule has 1 aromatic heterocycles. The normalized spacial score (nSPS) is 12.7. The summed E-state index contributed by atoms with van der Waals surface area (Å²) in [5.74, 6) is -0.222. The highest BCUT2D eigenvalue weighted by Gasteiger charge is 2.15. The molecule has 3 nitrogen and oxygen atoms in total. The maximum Gasteiger partial charge on any atom is 0.123 e. The molecule has 0 aliphatic heterocycles. The molecule has 1 heterocycles. The van der Waals surface area contributed by atoms with Crippen LogP contribution in [0, 0.1) is 12.7 Å². The first-order valence-corrected chi connectivity index (χ1v) is 6.00. The average Bonchev–Trinajstić information content (AvgIpc) is 2.69. The lowest BCUT2D eigenvalue weighted by Crippen LogP contribution is -2.13. The van der Waals surface area contributed by atoms with Gasteiger partial charge in [0.05, 0.1) is 6.20 Å². The molecule has 18 heavy (non-hydrogen) atoms. The lowest BCUT2D eigenvalue weighted by atomic mass is 9.96. The Morgan fingerprint density at radius 3 is 2.61 bits per heavy atom. The van der Waals surface area contributed by atoms with Crippen molar-refractivity contribution < 1.29 is 4.39 Å². The van der Waals surface area contributed by atoms with Crippen molar-refractivity contribution >= 4 is 0 Å². The molecule has 2 aromatic rings. The summed E-state index contributed by atoms with van der Waals surface area (Å²) in [6, 6.07) is 5.07. The van der Waals surface area contributed by atoms with E-state index >= 15 is 0 Å². The van der Waals surface area contributed by atoms with Gasteiger partial charge in [-0.2, -0.15) is 5.10 Å². The average molecular weight is 247 g/mol. The van der Waals surface area contributed by atoms with E-state index in [1.54, 1.807) is 16.9 Å². The minimum absolute atomic E-state index is 0.167. The Bertz CT molecular complexity index is 560. The maximum absolute atomic E-state index is 13.5. The summed E-state index contributed by atoms with van der Waals surface area (Å²) in [5, 5.41) is 7.41. The Labute approximate surface area is 107 Å². The molecule has 0 saturated heterocycles. The fourth-order valence-corrected chi connectivity index (χ4v) is 2.06. The fourth-order valence-electron chi connectivity index (χ4n) is 2.06.